The number of nitrogens with one attached hydrogen (secondary N) is 1. The lowest BCUT2D eigenvalue weighted by Crippen LogP contribution is -2.57. The van der Waals surface area contributed by atoms with Gasteiger partial charge in [0.1, 0.15) is 12.0 Å². The van der Waals surface area contributed by atoms with Crippen LogP contribution in [0.25, 0.3) is 11.0 Å². The highest BCUT2D eigenvalue weighted by Crippen LogP contribution is 2.32. The summed E-state index contributed by atoms with van der Waals surface area (Å²) in [7, 11) is 0. The maximum Gasteiger partial charge on any atom is 0.270 e. The zero-order chi connectivity index (χ0) is 18.4. The van der Waals surface area contributed by atoms with E-state index in [2.05, 4.69) is 15.2 Å². The summed E-state index contributed by atoms with van der Waals surface area (Å²) in [6.07, 6.45) is 7.96. The predicted molar refractivity (Wildman–Crippen MR) is 101 cm³/mol. The number of amides is 2. The molecule has 2 aromatic rings. The van der Waals surface area contributed by atoms with Gasteiger partial charge in [-0.15, -0.1) is 0 Å². The molecule has 7 nitrogen and oxygen atoms in total. The summed E-state index contributed by atoms with van der Waals surface area (Å²) in [6.45, 7) is 3.90. The van der Waals surface area contributed by atoms with E-state index < -0.39 is 0 Å². The molecule has 6 rings (SSSR count). The van der Waals surface area contributed by atoms with Gasteiger partial charge in [0.25, 0.3) is 5.91 Å². The Kier molecular flexibility index (Phi) is 4.11. The summed E-state index contributed by atoms with van der Waals surface area (Å²) in [5.74, 6) is 0.532. The van der Waals surface area contributed by atoms with E-state index in [0.29, 0.717) is 30.2 Å². The minimum absolute atomic E-state index is 0.110. The van der Waals surface area contributed by atoms with Gasteiger partial charge in [-0.05, 0) is 50.8 Å². The van der Waals surface area contributed by atoms with Crippen molar-refractivity contribution in [2.75, 3.05) is 31.1 Å². The lowest BCUT2D eigenvalue weighted by Gasteiger charge is -2.44. The summed E-state index contributed by atoms with van der Waals surface area (Å²) in [5.41, 5.74) is 1.72. The molecule has 1 N–H and O–H groups in total. The van der Waals surface area contributed by atoms with Crippen molar-refractivity contribution in [1.82, 2.24) is 15.2 Å². The minimum Gasteiger partial charge on any atom is -0.460 e. The van der Waals surface area contributed by atoms with E-state index in [9.17, 15) is 9.59 Å². The molecule has 4 aliphatic heterocycles. The number of nitrogens with zero attached hydrogens (tertiary/aromatic N) is 3. The first kappa shape index (κ1) is 16.7. The molecule has 2 amide bonds. The minimum atomic E-state index is -0.146. The van der Waals surface area contributed by atoms with Gasteiger partial charge in [0.2, 0.25) is 5.91 Å². The summed E-state index contributed by atoms with van der Waals surface area (Å²) in [4.78, 5) is 33.6. The van der Waals surface area contributed by atoms with Crippen LogP contribution in [0.1, 0.15) is 42.6 Å². The zero-order valence-corrected chi connectivity index (χ0v) is 15.3. The Hall–Kier alpha value is -2.41. The summed E-state index contributed by atoms with van der Waals surface area (Å²) in [6, 6.07) is 1.96. The smallest absolute Gasteiger partial charge is 0.270 e. The standard InChI is InChI=1S/C20H24N4O3/c25-19-3-1-2-6-24(19)17-12-27-18-10-21-15(9-14(17)18)20(26)22-16-11-23-7-4-13(16)5-8-23/h9-10,12-13,16H,1-8,11H2,(H,22,26)/t16-/m0/s1. The first-order valence-electron chi connectivity index (χ1n) is 9.90. The lowest BCUT2D eigenvalue weighted by atomic mass is 9.84. The van der Waals surface area contributed by atoms with Crippen molar-refractivity contribution in [3.05, 3.63) is 24.2 Å². The first-order chi connectivity index (χ1) is 13.2. The second-order valence-corrected chi connectivity index (χ2v) is 7.91. The van der Waals surface area contributed by atoms with Gasteiger partial charge in [0.15, 0.2) is 5.58 Å². The third kappa shape index (κ3) is 3.00. The van der Waals surface area contributed by atoms with Gasteiger partial charge >= 0.3 is 0 Å². The van der Waals surface area contributed by atoms with Crippen LogP contribution in [0.3, 0.4) is 0 Å². The number of furan rings is 1. The quantitative estimate of drug-likeness (QED) is 0.898. The van der Waals surface area contributed by atoms with Crippen molar-refractivity contribution >= 4 is 28.5 Å². The fourth-order valence-electron chi connectivity index (χ4n) is 4.68. The van der Waals surface area contributed by atoms with Crippen molar-refractivity contribution < 1.29 is 14.0 Å². The Bertz CT molecular complexity index is 884. The average molecular weight is 368 g/mol. The van der Waals surface area contributed by atoms with Gasteiger partial charge in [0.05, 0.1) is 11.9 Å². The van der Waals surface area contributed by atoms with Crippen LogP contribution in [-0.2, 0) is 4.79 Å². The van der Waals surface area contributed by atoms with Crippen molar-refractivity contribution in [2.24, 2.45) is 5.92 Å². The number of piperidine rings is 4. The highest BCUT2D eigenvalue weighted by molar-refractivity contribution is 6.04. The number of carbonyl (C=O) groups excluding carboxylic acids is 2. The number of hydrogen-bond acceptors (Lipinski definition) is 5. The van der Waals surface area contributed by atoms with Crippen LogP contribution in [0.2, 0.25) is 0 Å². The molecule has 6 heterocycles. The molecule has 27 heavy (non-hydrogen) atoms. The molecule has 0 aromatic carbocycles. The number of hydrogen-bond donors (Lipinski definition) is 1. The fraction of sp³-hybridized carbons (Fsp3) is 0.550. The van der Waals surface area contributed by atoms with E-state index in [-0.39, 0.29) is 17.9 Å². The molecule has 0 saturated carbocycles. The summed E-state index contributed by atoms with van der Waals surface area (Å²) < 4.78 is 5.58. The SMILES string of the molecule is O=C(N[C@H]1CN2CCC1CC2)c1cc2c(N3CCCCC3=O)coc2cn1. The van der Waals surface area contributed by atoms with Crippen LogP contribution in [-0.4, -0.2) is 53.9 Å². The molecule has 0 aliphatic carbocycles. The van der Waals surface area contributed by atoms with Crippen molar-refractivity contribution in [1.29, 1.82) is 0 Å². The van der Waals surface area contributed by atoms with Crippen LogP contribution >= 0.6 is 0 Å². The molecule has 1 atom stereocenters. The summed E-state index contributed by atoms with van der Waals surface area (Å²) >= 11 is 0. The molecule has 2 bridgehead atoms. The summed E-state index contributed by atoms with van der Waals surface area (Å²) in [5, 5.41) is 3.95. The van der Waals surface area contributed by atoms with Gasteiger partial charge in [-0.25, -0.2) is 4.98 Å². The zero-order valence-electron chi connectivity index (χ0n) is 15.3. The molecule has 0 radical (unpaired) electrons. The Labute approximate surface area is 157 Å². The van der Waals surface area contributed by atoms with Crippen LogP contribution in [0.15, 0.2) is 22.9 Å². The van der Waals surface area contributed by atoms with E-state index in [1.807, 2.05) is 0 Å². The second kappa shape index (κ2) is 6.64. The van der Waals surface area contributed by atoms with E-state index in [1.165, 1.54) is 0 Å². The van der Waals surface area contributed by atoms with Crippen molar-refractivity contribution in [3.63, 3.8) is 0 Å². The van der Waals surface area contributed by atoms with Crippen molar-refractivity contribution in [3.8, 4) is 0 Å². The number of rotatable bonds is 3. The molecule has 0 unspecified atom stereocenters. The van der Waals surface area contributed by atoms with Gasteiger partial charge in [-0.3, -0.25) is 9.59 Å². The highest BCUT2D eigenvalue weighted by atomic mass is 16.3. The Balaban J connectivity index is 1.39. The van der Waals surface area contributed by atoms with E-state index in [4.69, 9.17) is 4.42 Å². The third-order valence-electron chi connectivity index (χ3n) is 6.26. The molecule has 7 heteroatoms. The monoisotopic (exact) mass is 368 g/mol. The topological polar surface area (TPSA) is 78.7 Å². The van der Waals surface area contributed by atoms with Gasteiger partial charge in [-0.1, -0.05) is 0 Å². The Morgan fingerprint density at radius 2 is 2.07 bits per heavy atom. The maximum absolute atomic E-state index is 12.8. The van der Waals surface area contributed by atoms with Crippen LogP contribution < -0.4 is 10.2 Å². The van der Waals surface area contributed by atoms with Gasteiger partial charge in [0, 0.05) is 30.9 Å². The normalized spacial score (nSPS) is 27.9. The lowest BCUT2D eigenvalue weighted by molar-refractivity contribution is -0.119. The molecule has 2 aromatic heterocycles. The number of anilines is 1. The molecular weight excluding hydrogens is 344 g/mol. The Morgan fingerprint density at radius 1 is 1.22 bits per heavy atom. The Morgan fingerprint density at radius 3 is 2.81 bits per heavy atom. The van der Waals surface area contributed by atoms with Gasteiger partial charge < -0.3 is 19.5 Å². The number of fused-ring (bicyclic) bond motifs is 4. The predicted octanol–water partition coefficient (Wildman–Crippen LogP) is 2.17. The van der Waals surface area contributed by atoms with Crippen LogP contribution in [0.4, 0.5) is 5.69 Å². The number of carbonyl (C=O) groups is 2. The molecule has 4 aliphatic rings. The van der Waals surface area contributed by atoms with Gasteiger partial charge in [-0.2, -0.15) is 0 Å². The van der Waals surface area contributed by atoms with E-state index in [0.717, 1.165) is 56.4 Å². The molecule has 142 valence electrons. The third-order valence-corrected chi connectivity index (χ3v) is 6.26. The maximum atomic E-state index is 12.8. The fourth-order valence-corrected chi connectivity index (χ4v) is 4.68. The molecule has 0 spiro atoms. The largest absolute Gasteiger partial charge is 0.460 e. The highest BCUT2D eigenvalue weighted by Gasteiger charge is 2.35. The van der Waals surface area contributed by atoms with Crippen LogP contribution in [0.5, 0.6) is 0 Å². The second-order valence-electron chi connectivity index (χ2n) is 7.91. The first-order valence-corrected chi connectivity index (χ1v) is 9.90. The van der Waals surface area contributed by atoms with E-state index >= 15 is 0 Å². The van der Waals surface area contributed by atoms with Crippen LogP contribution in [0, 0.1) is 5.92 Å². The number of pyridine rings is 1. The molecule has 4 fully saturated rings. The average Bonchev–Trinajstić information content (AvgIpc) is 3.12. The molecule has 4 saturated heterocycles. The van der Waals surface area contributed by atoms with Crippen molar-refractivity contribution in [2.45, 2.75) is 38.1 Å². The molecular formula is C20H24N4O3. The number of aromatic nitrogens is 1. The van der Waals surface area contributed by atoms with E-state index in [1.54, 1.807) is 23.4 Å².